The molecule has 0 aromatic heterocycles. The van der Waals surface area contributed by atoms with Crippen molar-refractivity contribution >= 4 is 5.91 Å². The van der Waals surface area contributed by atoms with Crippen LogP contribution in [0.3, 0.4) is 0 Å². The highest BCUT2D eigenvalue weighted by atomic mass is 16.8. The Morgan fingerprint density at radius 1 is 0.349 bits per heavy atom. The van der Waals surface area contributed by atoms with Crippen LogP contribution in [0, 0.1) is 0 Å². The first-order valence-corrected chi connectivity index (χ1v) is 42.5. The van der Waals surface area contributed by atoms with E-state index >= 15 is 0 Å². The first kappa shape index (κ1) is 96.9. The van der Waals surface area contributed by atoms with Crippen molar-refractivity contribution in [3.63, 3.8) is 0 Å². The van der Waals surface area contributed by atoms with Crippen molar-refractivity contribution in [3.8, 4) is 0 Å². The van der Waals surface area contributed by atoms with Gasteiger partial charge in [0.2, 0.25) is 5.91 Å². The maximum absolute atomic E-state index is 13.5. The molecule has 614 valence electrons. The predicted octanol–water partition coefficient (Wildman–Crippen LogP) is 15.1. The highest BCUT2D eigenvalue weighted by Gasteiger charge is 2.54. The maximum atomic E-state index is 13.5. The number of aliphatic hydroxyl groups is 11. The number of rotatable bonds is 67. The fraction of sp³-hybridized carbons (Fsp3) is 0.805. The van der Waals surface area contributed by atoms with Gasteiger partial charge in [-0.3, -0.25) is 4.79 Å². The minimum Gasteiger partial charge on any atom is -0.394 e. The fourth-order valence-electron chi connectivity index (χ4n) is 13.9. The molecule has 17 unspecified atom stereocenters. The van der Waals surface area contributed by atoms with Crippen LogP contribution in [0.2, 0.25) is 0 Å². The molecule has 19 nitrogen and oxygen atoms in total. The number of unbranched alkanes of at least 4 members (excludes halogenated alkanes) is 35. The molecule has 0 aromatic rings. The SMILES string of the molecule is CC/C=C\C/C=C\C/C=C\C/C=C\C/C=C\C/C=C\C/C=C\C/C=C\CCCCCCCCCCC(=O)NC(COC1OC(CO)C(OC2OC(CO)C(OC3OC(CO)C(O)C(O)C3O)C(O)C2O)C(O)C1O)C(O)CCCCCCCCCCCCCCCCCCCCCCCCCCCCCC. The standard InChI is InChI=1S/C87H153NO18/c1-3-5-7-9-11-13-15-17-19-21-23-25-27-29-31-33-34-35-36-37-39-41-43-45-47-49-51-53-55-57-59-61-63-65-75(93)88-70(71(92)64-62-60-58-56-54-52-50-48-46-44-42-40-38-32-30-28-26-24-22-20-18-16-14-12-10-8-6-4-2)69-101-85-81(99)78(96)83(73(67-90)103-85)106-87-82(100)79(97)84(74(68-91)104-87)105-86-80(98)77(95)76(94)72(66-89)102-86/h5,7,11,13,17,19,23,25,29,31,34-35,37,39,43,45,70-74,76-87,89-92,94-100H,3-4,6,8-10,12,14-16,18,20-22,24,26-28,30,32-33,36,38,40-42,44,46-69H2,1-2H3,(H,88,93)/b7-5-,13-11-,19-17-,25-23-,31-29-,35-34-,39-37-,45-43-. The van der Waals surface area contributed by atoms with E-state index in [2.05, 4.69) is 116 Å². The lowest BCUT2D eigenvalue weighted by Gasteiger charge is -2.48. The molecule has 17 atom stereocenters. The molecule has 3 aliphatic heterocycles. The summed E-state index contributed by atoms with van der Waals surface area (Å²) in [7, 11) is 0. The van der Waals surface area contributed by atoms with Gasteiger partial charge in [-0.15, -0.1) is 0 Å². The van der Waals surface area contributed by atoms with Crippen LogP contribution in [0.4, 0.5) is 0 Å². The predicted molar refractivity (Wildman–Crippen MR) is 424 cm³/mol. The Bertz CT molecular complexity index is 2290. The molecule has 0 aliphatic carbocycles. The molecule has 19 heteroatoms. The summed E-state index contributed by atoms with van der Waals surface area (Å²) in [5, 5.41) is 121. The van der Waals surface area contributed by atoms with E-state index in [1.165, 1.54) is 167 Å². The van der Waals surface area contributed by atoms with Gasteiger partial charge in [-0.05, 0) is 77.0 Å². The smallest absolute Gasteiger partial charge is 0.220 e. The average molecular weight is 1500 g/mol. The molecule has 3 saturated heterocycles. The lowest BCUT2D eigenvalue weighted by molar-refractivity contribution is -0.379. The minimum atomic E-state index is -1.98. The quantitative estimate of drug-likeness (QED) is 0.0199. The first-order chi connectivity index (χ1) is 51.8. The molecule has 3 aliphatic rings. The van der Waals surface area contributed by atoms with Gasteiger partial charge < -0.3 is 89.9 Å². The van der Waals surface area contributed by atoms with Gasteiger partial charge in [0.1, 0.15) is 73.2 Å². The number of hydrogen-bond donors (Lipinski definition) is 12. The van der Waals surface area contributed by atoms with E-state index in [1.54, 1.807) is 0 Å². The van der Waals surface area contributed by atoms with Gasteiger partial charge >= 0.3 is 0 Å². The van der Waals surface area contributed by atoms with Crippen molar-refractivity contribution in [3.05, 3.63) is 97.2 Å². The molecule has 3 rings (SSSR count). The number of carbonyl (C=O) groups is 1. The van der Waals surface area contributed by atoms with Crippen molar-refractivity contribution in [2.75, 3.05) is 26.4 Å². The number of aliphatic hydroxyl groups excluding tert-OH is 11. The Morgan fingerprint density at radius 2 is 0.651 bits per heavy atom. The lowest BCUT2D eigenvalue weighted by atomic mass is 9.96. The van der Waals surface area contributed by atoms with Crippen LogP contribution in [0.15, 0.2) is 97.2 Å². The molecule has 0 spiro atoms. The molecular formula is C87H153NO18. The Balaban J connectivity index is 1.36. The second-order valence-corrected chi connectivity index (χ2v) is 29.9. The van der Waals surface area contributed by atoms with Crippen LogP contribution in [0.5, 0.6) is 0 Å². The summed E-state index contributed by atoms with van der Waals surface area (Å²) in [4.78, 5) is 13.5. The number of carbonyl (C=O) groups excluding carboxylic acids is 1. The van der Waals surface area contributed by atoms with E-state index in [0.29, 0.717) is 12.8 Å². The number of allylic oxidation sites excluding steroid dienone is 16. The van der Waals surface area contributed by atoms with Crippen LogP contribution < -0.4 is 5.32 Å². The van der Waals surface area contributed by atoms with E-state index < -0.39 is 124 Å². The highest BCUT2D eigenvalue weighted by molar-refractivity contribution is 5.76. The monoisotopic (exact) mass is 1500 g/mol. The van der Waals surface area contributed by atoms with Crippen LogP contribution in [-0.2, 0) is 33.2 Å². The zero-order valence-electron chi connectivity index (χ0n) is 65.9. The Labute approximate surface area is 641 Å². The first-order valence-electron chi connectivity index (χ1n) is 42.5. The summed E-state index contributed by atoms with van der Waals surface area (Å²) in [5.74, 6) is -0.251. The summed E-state index contributed by atoms with van der Waals surface area (Å²) >= 11 is 0. The van der Waals surface area contributed by atoms with E-state index in [-0.39, 0.29) is 18.9 Å². The fourth-order valence-corrected chi connectivity index (χ4v) is 13.9. The van der Waals surface area contributed by atoms with Crippen LogP contribution in [0.25, 0.3) is 0 Å². The largest absolute Gasteiger partial charge is 0.394 e. The number of amides is 1. The summed E-state index contributed by atoms with van der Waals surface area (Å²) < 4.78 is 34.6. The summed E-state index contributed by atoms with van der Waals surface area (Å²) in [6.07, 6.45) is 63.4. The van der Waals surface area contributed by atoms with Gasteiger partial charge in [0.25, 0.3) is 0 Å². The molecule has 0 radical (unpaired) electrons. The zero-order valence-corrected chi connectivity index (χ0v) is 65.9. The van der Waals surface area contributed by atoms with Gasteiger partial charge in [-0.25, -0.2) is 0 Å². The topological polar surface area (TPSA) is 307 Å². The average Bonchev–Trinajstić information content (AvgIpc) is 0.781. The molecule has 3 fully saturated rings. The Morgan fingerprint density at radius 3 is 1.02 bits per heavy atom. The van der Waals surface area contributed by atoms with Crippen LogP contribution in [0.1, 0.15) is 316 Å². The third-order valence-electron chi connectivity index (χ3n) is 20.7. The summed E-state index contributed by atoms with van der Waals surface area (Å²) in [6, 6.07) is -0.901. The second-order valence-electron chi connectivity index (χ2n) is 29.9. The number of hydrogen-bond acceptors (Lipinski definition) is 18. The third kappa shape index (κ3) is 45.3. The van der Waals surface area contributed by atoms with Crippen molar-refractivity contribution in [2.45, 2.75) is 420 Å². The van der Waals surface area contributed by atoms with E-state index in [4.69, 9.17) is 28.4 Å². The molecule has 3 heterocycles. The van der Waals surface area contributed by atoms with Gasteiger partial charge in [0, 0.05) is 6.42 Å². The minimum absolute atomic E-state index is 0.251. The van der Waals surface area contributed by atoms with E-state index in [0.717, 1.165) is 116 Å². The van der Waals surface area contributed by atoms with Crippen molar-refractivity contribution in [1.82, 2.24) is 5.32 Å². The second kappa shape index (κ2) is 66.3. The normalized spacial score (nSPS) is 26.1. The van der Waals surface area contributed by atoms with Crippen molar-refractivity contribution in [1.29, 1.82) is 0 Å². The van der Waals surface area contributed by atoms with Crippen LogP contribution >= 0.6 is 0 Å². The molecule has 0 saturated carbocycles. The molecule has 0 aromatic carbocycles. The van der Waals surface area contributed by atoms with Crippen molar-refractivity contribution in [2.24, 2.45) is 0 Å². The molecule has 0 bridgehead atoms. The summed E-state index contributed by atoms with van der Waals surface area (Å²) in [6.45, 7) is 1.71. The molecule has 1 amide bonds. The molecule has 12 N–H and O–H groups in total. The molecular weight excluding hydrogens is 1350 g/mol. The van der Waals surface area contributed by atoms with Gasteiger partial charge in [-0.1, -0.05) is 329 Å². The van der Waals surface area contributed by atoms with Crippen molar-refractivity contribution < 1.29 is 89.4 Å². The van der Waals surface area contributed by atoms with Gasteiger partial charge in [0.15, 0.2) is 18.9 Å². The molecule has 106 heavy (non-hydrogen) atoms. The van der Waals surface area contributed by atoms with Gasteiger partial charge in [-0.2, -0.15) is 0 Å². The zero-order chi connectivity index (χ0) is 76.7. The third-order valence-corrected chi connectivity index (χ3v) is 20.7. The van der Waals surface area contributed by atoms with Gasteiger partial charge in [0.05, 0.1) is 38.6 Å². The van der Waals surface area contributed by atoms with Crippen LogP contribution in [-0.4, -0.2) is 193 Å². The number of ether oxygens (including phenoxy) is 6. The van der Waals surface area contributed by atoms with E-state index in [9.17, 15) is 61.0 Å². The summed E-state index contributed by atoms with van der Waals surface area (Å²) in [5.41, 5.74) is 0. The number of nitrogens with one attached hydrogen (secondary N) is 1. The Hall–Kier alpha value is -3.29. The highest BCUT2D eigenvalue weighted by Crippen LogP contribution is 2.33. The Kier molecular flexibility index (Phi) is 60.6. The van der Waals surface area contributed by atoms with E-state index in [1.807, 2.05) is 0 Å². The maximum Gasteiger partial charge on any atom is 0.220 e. The lowest BCUT2D eigenvalue weighted by Crippen LogP contribution is -2.66.